The van der Waals surface area contributed by atoms with E-state index in [4.69, 9.17) is 9.84 Å². The van der Waals surface area contributed by atoms with Crippen LogP contribution in [0.15, 0.2) is 0 Å². The molecule has 2 heteroatoms. The minimum absolute atomic E-state index is 0.218. The van der Waals surface area contributed by atoms with Crippen LogP contribution in [-0.4, -0.2) is 23.9 Å². The van der Waals surface area contributed by atoms with Crippen molar-refractivity contribution >= 4 is 0 Å². The lowest BCUT2D eigenvalue weighted by molar-refractivity contribution is 0.285. The first-order valence-corrected chi connectivity index (χ1v) is 5.63. The van der Waals surface area contributed by atoms with Gasteiger partial charge in [-0.25, -0.2) is 0 Å². The molecule has 0 radical (unpaired) electrons. The largest absolute Gasteiger partial charge is 0.396 e. The van der Waals surface area contributed by atoms with Crippen LogP contribution in [0, 0.1) is 11.8 Å². The summed E-state index contributed by atoms with van der Waals surface area (Å²) in [5.41, 5.74) is 0. The van der Waals surface area contributed by atoms with Crippen LogP contribution in [0.5, 0.6) is 0 Å². The summed E-state index contributed by atoms with van der Waals surface area (Å²) in [6.45, 7) is 2.47. The zero-order chi connectivity index (χ0) is 10.2. The molecule has 1 fully saturated rings. The topological polar surface area (TPSA) is 32.8 Å². The van der Waals surface area contributed by atoms with Gasteiger partial charge in [-0.3, -0.25) is 0 Å². The molecule has 1 aliphatic rings. The molecule has 2 atom stereocenters. The fraction of sp³-hybridized carbons (Fsp3) is 0.833. The van der Waals surface area contributed by atoms with E-state index in [1.165, 1.54) is 12.8 Å². The van der Waals surface area contributed by atoms with Crippen LogP contribution in [0.1, 0.15) is 45.4 Å². The molecule has 0 bridgehead atoms. The van der Waals surface area contributed by atoms with Gasteiger partial charge < -0.3 is 9.84 Å². The quantitative estimate of drug-likeness (QED) is 0.401. The van der Waals surface area contributed by atoms with Gasteiger partial charge in [0.25, 0.3) is 0 Å². The Hall–Kier alpha value is -0.520. The third kappa shape index (κ3) is 4.64. The summed E-state index contributed by atoms with van der Waals surface area (Å²) in [5, 5.41) is 8.55. The standard InChI is InChI=1S/C12H20O2/c1-2-3-8-11-12(14-11)9-6-4-5-7-10-13/h11-13H,2-5,7-8,10H2,1H3/t11-,12+/m0/s1. The Kier molecular flexibility index (Phi) is 5.66. The maximum absolute atomic E-state index is 8.55. The molecule has 1 saturated heterocycles. The number of ether oxygens (including phenoxy) is 1. The van der Waals surface area contributed by atoms with Crippen molar-refractivity contribution in [2.24, 2.45) is 0 Å². The summed E-state index contributed by atoms with van der Waals surface area (Å²) >= 11 is 0. The third-order valence-corrected chi connectivity index (χ3v) is 2.38. The van der Waals surface area contributed by atoms with Gasteiger partial charge in [-0.1, -0.05) is 25.7 Å². The maximum Gasteiger partial charge on any atom is 0.144 e. The molecular formula is C12H20O2. The van der Waals surface area contributed by atoms with Gasteiger partial charge in [-0.15, -0.1) is 5.92 Å². The van der Waals surface area contributed by atoms with Gasteiger partial charge in [0.15, 0.2) is 0 Å². The Morgan fingerprint density at radius 2 is 2.14 bits per heavy atom. The van der Waals surface area contributed by atoms with E-state index in [1.54, 1.807) is 0 Å². The molecular weight excluding hydrogens is 176 g/mol. The second kappa shape index (κ2) is 6.86. The summed E-state index contributed by atoms with van der Waals surface area (Å²) in [7, 11) is 0. The fourth-order valence-corrected chi connectivity index (χ4v) is 1.39. The summed E-state index contributed by atoms with van der Waals surface area (Å²) in [4.78, 5) is 0. The zero-order valence-electron chi connectivity index (χ0n) is 8.96. The Morgan fingerprint density at radius 1 is 1.29 bits per heavy atom. The SMILES string of the molecule is CCCC[C@@H]1O[C@@H]1C#CCCCCO. The van der Waals surface area contributed by atoms with Crippen molar-refractivity contribution in [2.45, 2.75) is 57.7 Å². The lowest BCUT2D eigenvalue weighted by Crippen LogP contribution is -1.90. The summed E-state index contributed by atoms with van der Waals surface area (Å²) in [6.07, 6.45) is 7.02. The van der Waals surface area contributed by atoms with E-state index in [2.05, 4.69) is 18.8 Å². The molecule has 14 heavy (non-hydrogen) atoms. The van der Waals surface area contributed by atoms with Gasteiger partial charge in [0.05, 0.1) is 6.10 Å². The molecule has 0 amide bonds. The van der Waals surface area contributed by atoms with Gasteiger partial charge in [0.1, 0.15) is 6.10 Å². The lowest BCUT2D eigenvalue weighted by Gasteiger charge is -1.88. The first-order chi connectivity index (χ1) is 6.88. The average Bonchev–Trinajstić information content (AvgIpc) is 2.93. The molecule has 0 saturated carbocycles. The van der Waals surface area contributed by atoms with Crippen LogP contribution in [0.3, 0.4) is 0 Å². The fourth-order valence-electron chi connectivity index (χ4n) is 1.39. The molecule has 80 valence electrons. The van der Waals surface area contributed by atoms with E-state index >= 15 is 0 Å². The van der Waals surface area contributed by atoms with Crippen molar-refractivity contribution in [3.05, 3.63) is 0 Å². The van der Waals surface area contributed by atoms with Crippen molar-refractivity contribution in [3.8, 4) is 11.8 Å². The average molecular weight is 196 g/mol. The molecule has 1 N–H and O–H groups in total. The first kappa shape index (κ1) is 11.6. The second-order valence-electron chi connectivity index (χ2n) is 3.74. The summed E-state index contributed by atoms with van der Waals surface area (Å²) in [6, 6.07) is 0. The van der Waals surface area contributed by atoms with Crippen LogP contribution in [0.4, 0.5) is 0 Å². The minimum atomic E-state index is 0.218. The second-order valence-corrected chi connectivity index (χ2v) is 3.74. The van der Waals surface area contributed by atoms with E-state index in [-0.39, 0.29) is 12.7 Å². The molecule has 0 aromatic carbocycles. The van der Waals surface area contributed by atoms with E-state index in [1.807, 2.05) is 0 Å². The number of aliphatic hydroxyl groups excluding tert-OH is 1. The van der Waals surface area contributed by atoms with Gasteiger partial charge >= 0.3 is 0 Å². The van der Waals surface area contributed by atoms with Crippen molar-refractivity contribution in [1.29, 1.82) is 0 Å². The Bertz CT molecular complexity index is 202. The van der Waals surface area contributed by atoms with Crippen LogP contribution >= 0.6 is 0 Å². The highest BCUT2D eigenvalue weighted by Gasteiger charge is 2.36. The Balaban J connectivity index is 1.97. The molecule has 0 aromatic heterocycles. The molecule has 0 aromatic rings. The maximum atomic E-state index is 8.55. The van der Waals surface area contributed by atoms with Gasteiger partial charge in [-0.2, -0.15) is 0 Å². The molecule has 1 aliphatic heterocycles. The van der Waals surface area contributed by atoms with Crippen molar-refractivity contribution in [1.82, 2.24) is 0 Å². The van der Waals surface area contributed by atoms with Gasteiger partial charge in [0.2, 0.25) is 0 Å². The molecule has 0 aliphatic carbocycles. The number of hydrogen-bond acceptors (Lipinski definition) is 2. The predicted molar refractivity (Wildman–Crippen MR) is 56.9 cm³/mol. The molecule has 0 unspecified atom stereocenters. The molecule has 1 rings (SSSR count). The van der Waals surface area contributed by atoms with E-state index in [9.17, 15) is 0 Å². The Labute approximate surface area is 86.7 Å². The van der Waals surface area contributed by atoms with E-state index in [0.717, 1.165) is 25.7 Å². The van der Waals surface area contributed by atoms with Crippen LogP contribution < -0.4 is 0 Å². The third-order valence-electron chi connectivity index (χ3n) is 2.38. The van der Waals surface area contributed by atoms with Crippen molar-refractivity contribution in [3.63, 3.8) is 0 Å². The van der Waals surface area contributed by atoms with Crippen molar-refractivity contribution < 1.29 is 9.84 Å². The highest BCUT2D eigenvalue weighted by molar-refractivity contribution is 5.13. The molecule has 0 spiro atoms. The van der Waals surface area contributed by atoms with Crippen LogP contribution in [0.2, 0.25) is 0 Å². The van der Waals surface area contributed by atoms with Crippen LogP contribution in [0.25, 0.3) is 0 Å². The summed E-state index contributed by atoms with van der Waals surface area (Å²) < 4.78 is 5.40. The van der Waals surface area contributed by atoms with Gasteiger partial charge in [-0.05, 0) is 19.3 Å². The van der Waals surface area contributed by atoms with Crippen molar-refractivity contribution in [2.75, 3.05) is 6.61 Å². The summed E-state index contributed by atoms with van der Waals surface area (Å²) in [5.74, 6) is 6.22. The number of epoxide rings is 1. The number of aliphatic hydroxyl groups is 1. The Morgan fingerprint density at radius 3 is 2.86 bits per heavy atom. The zero-order valence-corrected chi connectivity index (χ0v) is 8.96. The highest BCUT2D eigenvalue weighted by atomic mass is 16.6. The highest BCUT2D eigenvalue weighted by Crippen LogP contribution is 2.26. The molecule has 1 heterocycles. The van der Waals surface area contributed by atoms with Crippen LogP contribution in [-0.2, 0) is 4.74 Å². The number of hydrogen-bond donors (Lipinski definition) is 1. The smallest absolute Gasteiger partial charge is 0.144 e. The number of rotatable bonds is 6. The lowest BCUT2D eigenvalue weighted by atomic mass is 10.1. The van der Waals surface area contributed by atoms with E-state index < -0.39 is 0 Å². The number of unbranched alkanes of at least 4 members (excludes halogenated alkanes) is 3. The predicted octanol–water partition coefficient (Wildman–Crippen LogP) is 2.11. The van der Waals surface area contributed by atoms with E-state index in [0.29, 0.717) is 6.10 Å². The van der Waals surface area contributed by atoms with Gasteiger partial charge in [0, 0.05) is 13.0 Å². The molecule has 2 nitrogen and oxygen atoms in total. The minimum Gasteiger partial charge on any atom is -0.396 e. The monoisotopic (exact) mass is 196 g/mol. The first-order valence-electron chi connectivity index (χ1n) is 5.63. The normalized spacial score (nSPS) is 24.1.